The van der Waals surface area contributed by atoms with Crippen LogP contribution in [0.3, 0.4) is 0 Å². The van der Waals surface area contributed by atoms with Crippen LogP contribution < -0.4 is 15.5 Å². The first-order valence-corrected chi connectivity index (χ1v) is 8.58. The smallest absolute Gasteiger partial charge is 0.317 e. The number of carbonyl (C=O) groups is 2. The molecule has 2 N–H and O–H groups in total. The molecule has 3 rings (SSSR count). The second kappa shape index (κ2) is 8.80. The van der Waals surface area contributed by atoms with Gasteiger partial charge in [0, 0.05) is 45.1 Å². The summed E-state index contributed by atoms with van der Waals surface area (Å²) in [4.78, 5) is 36.3. The summed E-state index contributed by atoms with van der Waals surface area (Å²) in [6, 6.07) is 11.2. The number of piperazine rings is 1. The highest BCUT2D eigenvalue weighted by molar-refractivity contribution is 5.84. The number of amides is 3. The van der Waals surface area contributed by atoms with Gasteiger partial charge < -0.3 is 20.4 Å². The van der Waals surface area contributed by atoms with Crippen LogP contribution in [0.4, 0.5) is 10.7 Å². The Morgan fingerprint density at radius 2 is 1.62 bits per heavy atom. The van der Waals surface area contributed by atoms with Crippen LogP contribution in [0.2, 0.25) is 0 Å². The van der Waals surface area contributed by atoms with Gasteiger partial charge in [-0.05, 0) is 11.6 Å². The van der Waals surface area contributed by atoms with Gasteiger partial charge in [-0.25, -0.2) is 14.8 Å². The van der Waals surface area contributed by atoms with Gasteiger partial charge in [0.2, 0.25) is 11.9 Å². The zero-order valence-electron chi connectivity index (χ0n) is 14.5. The van der Waals surface area contributed by atoms with Crippen LogP contribution in [-0.2, 0) is 11.3 Å². The first kappa shape index (κ1) is 17.7. The Morgan fingerprint density at radius 1 is 0.923 bits per heavy atom. The van der Waals surface area contributed by atoms with Crippen molar-refractivity contribution in [1.82, 2.24) is 25.5 Å². The monoisotopic (exact) mass is 354 g/mol. The van der Waals surface area contributed by atoms with Gasteiger partial charge in [-0.1, -0.05) is 30.3 Å². The van der Waals surface area contributed by atoms with Gasteiger partial charge in [0.1, 0.15) is 0 Å². The molecular weight excluding hydrogens is 332 g/mol. The van der Waals surface area contributed by atoms with Crippen molar-refractivity contribution in [2.45, 2.75) is 6.54 Å². The second-order valence-corrected chi connectivity index (χ2v) is 5.94. The molecule has 0 radical (unpaired) electrons. The van der Waals surface area contributed by atoms with Crippen molar-refractivity contribution in [1.29, 1.82) is 0 Å². The van der Waals surface area contributed by atoms with E-state index in [0.29, 0.717) is 38.7 Å². The van der Waals surface area contributed by atoms with E-state index in [1.807, 2.05) is 35.2 Å². The number of urea groups is 1. The van der Waals surface area contributed by atoms with E-state index in [4.69, 9.17) is 0 Å². The van der Waals surface area contributed by atoms with Crippen molar-refractivity contribution in [2.75, 3.05) is 37.6 Å². The Bertz CT molecular complexity index is 717. The normalized spacial score (nSPS) is 14.0. The van der Waals surface area contributed by atoms with Crippen molar-refractivity contribution in [3.63, 3.8) is 0 Å². The zero-order valence-corrected chi connectivity index (χ0v) is 14.5. The molecule has 8 nitrogen and oxygen atoms in total. The molecule has 8 heteroatoms. The fourth-order valence-electron chi connectivity index (χ4n) is 2.69. The third-order valence-electron chi connectivity index (χ3n) is 4.13. The van der Waals surface area contributed by atoms with E-state index in [1.165, 1.54) is 0 Å². The molecule has 0 aliphatic carbocycles. The molecule has 0 atom stereocenters. The van der Waals surface area contributed by atoms with Gasteiger partial charge in [-0.3, -0.25) is 4.79 Å². The zero-order chi connectivity index (χ0) is 18.2. The quantitative estimate of drug-likeness (QED) is 0.822. The van der Waals surface area contributed by atoms with Crippen LogP contribution in [-0.4, -0.2) is 59.5 Å². The molecule has 1 aromatic carbocycles. The molecule has 2 heterocycles. The van der Waals surface area contributed by atoms with Crippen LogP contribution in [0.15, 0.2) is 48.8 Å². The molecule has 136 valence electrons. The maximum Gasteiger partial charge on any atom is 0.317 e. The van der Waals surface area contributed by atoms with E-state index >= 15 is 0 Å². The van der Waals surface area contributed by atoms with E-state index in [-0.39, 0.29) is 18.5 Å². The summed E-state index contributed by atoms with van der Waals surface area (Å²) < 4.78 is 0. The molecule has 0 saturated carbocycles. The lowest BCUT2D eigenvalue weighted by molar-refractivity contribution is -0.120. The minimum Gasteiger partial charge on any atom is -0.350 e. The third-order valence-corrected chi connectivity index (χ3v) is 4.13. The molecule has 3 amide bonds. The number of aromatic nitrogens is 2. The van der Waals surface area contributed by atoms with Crippen LogP contribution in [0, 0.1) is 0 Å². The Labute approximate surface area is 152 Å². The number of hydrogen-bond donors (Lipinski definition) is 2. The van der Waals surface area contributed by atoms with Crippen molar-refractivity contribution in [3.8, 4) is 0 Å². The van der Waals surface area contributed by atoms with Gasteiger partial charge in [0.25, 0.3) is 0 Å². The summed E-state index contributed by atoms with van der Waals surface area (Å²) in [7, 11) is 0. The summed E-state index contributed by atoms with van der Waals surface area (Å²) >= 11 is 0. The summed E-state index contributed by atoms with van der Waals surface area (Å²) in [5.41, 5.74) is 1.02. The molecule has 0 bridgehead atoms. The second-order valence-electron chi connectivity index (χ2n) is 5.94. The van der Waals surface area contributed by atoms with Gasteiger partial charge in [0.15, 0.2) is 0 Å². The van der Waals surface area contributed by atoms with E-state index in [0.717, 1.165) is 5.56 Å². The highest BCUT2D eigenvalue weighted by Crippen LogP contribution is 2.09. The summed E-state index contributed by atoms with van der Waals surface area (Å²) in [5.74, 6) is 0.464. The molecule has 0 unspecified atom stereocenters. The summed E-state index contributed by atoms with van der Waals surface area (Å²) in [6.45, 7) is 2.87. The maximum atomic E-state index is 12.2. The fraction of sp³-hybridized carbons (Fsp3) is 0.333. The van der Waals surface area contributed by atoms with Crippen LogP contribution in [0.1, 0.15) is 5.56 Å². The number of benzene rings is 1. The van der Waals surface area contributed by atoms with E-state index < -0.39 is 0 Å². The Kier molecular flexibility index (Phi) is 5.97. The first-order valence-electron chi connectivity index (χ1n) is 8.58. The number of nitrogens with zero attached hydrogens (tertiary/aromatic N) is 4. The van der Waals surface area contributed by atoms with E-state index in [9.17, 15) is 9.59 Å². The van der Waals surface area contributed by atoms with Crippen LogP contribution >= 0.6 is 0 Å². The van der Waals surface area contributed by atoms with Gasteiger partial charge in [-0.2, -0.15) is 0 Å². The lowest BCUT2D eigenvalue weighted by Crippen LogP contribution is -2.53. The van der Waals surface area contributed by atoms with Gasteiger partial charge >= 0.3 is 6.03 Å². The number of hydrogen-bond acceptors (Lipinski definition) is 5. The highest BCUT2D eigenvalue weighted by Gasteiger charge is 2.22. The standard InChI is InChI=1S/C18H22N6O2/c25-16(21-13-15-5-2-1-3-6-15)14-22-18(26)24-11-9-23(10-12-24)17-19-7-4-8-20-17/h1-8H,9-14H2,(H,21,25)(H,22,26). The molecule has 1 aromatic heterocycles. The Balaban J connectivity index is 1.37. The van der Waals surface area contributed by atoms with Gasteiger partial charge in [0.05, 0.1) is 6.54 Å². The van der Waals surface area contributed by atoms with Gasteiger partial charge in [-0.15, -0.1) is 0 Å². The molecule has 1 aliphatic rings. The molecule has 2 aromatic rings. The van der Waals surface area contributed by atoms with E-state index in [1.54, 1.807) is 23.4 Å². The van der Waals surface area contributed by atoms with Crippen LogP contribution in [0.5, 0.6) is 0 Å². The average molecular weight is 354 g/mol. The largest absolute Gasteiger partial charge is 0.350 e. The lowest BCUT2D eigenvalue weighted by atomic mass is 10.2. The maximum absolute atomic E-state index is 12.2. The van der Waals surface area contributed by atoms with Crippen molar-refractivity contribution in [2.24, 2.45) is 0 Å². The molecule has 1 saturated heterocycles. The Morgan fingerprint density at radius 3 is 2.31 bits per heavy atom. The summed E-state index contributed by atoms with van der Waals surface area (Å²) in [6.07, 6.45) is 3.41. The van der Waals surface area contributed by atoms with Crippen molar-refractivity contribution >= 4 is 17.9 Å². The SMILES string of the molecule is O=C(CNC(=O)N1CCN(c2ncccn2)CC1)NCc1ccccc1. The minimum atomic E-state index is -0.228. The van der Waals surface area contributed by atoms with Crippen LogP contribution in [0.25, 0.3) is 0 Å². The van der Waals surface area contributed by atoms with E-state index in [2.05, 4.69) is 20.6 Å². The number of nitrogens with one attached hydrogen (secondary N) is 2. The number of carbonyl (C=O) groups excluding carboxylic acids is 2. The molecule has 0 spiro atoms. The number of anilines is 1. The molecular formula is C18H22N6O2. The average Bonchev–Trinajstić information content (AvgIpc) is 2.72. The topological polar surface area (TPSA) is 90.5 Å². The molecule has 1 fully saturated rings. The molecule has 26 heavy (non-hydrogen) atoms. The third kappa shape index (κ3) is 4.92. The van der Waals surface area contributed by atoms with Crippen molar-refractivity contribution in [3.05, 3.63) is 54.4 Å². The minimum absolute atomic E-state index is 0.0341. The van der Waals surface area contributed by atoms with Crippen molar-refractivity contribution < 1.29 is 9.59 Å². The first-order chi connectivity index (χ1) is 12.7. The predicted octanol–water partition coefficient (Wildman–Crippen LogP) is 0.625. The fourth-order valence-corrected chi connectivity index (χ4v) is 2.69. The molecule has 1 aliphatic heterocycles. The Hall–Kier alpha value is -3.16. The summed E-state index contributed by atoms with van der Waals surface area (Å²) in [5, 5.41) is 5.46. The lowest BCUT2D eigenvalue weighted by Gasteiger charge is -2.34. The predicted molar refractivity (Wildman–Crippen MR) is 97.5 cm³/mol. The number of rotatable bonds is 5. The highest BCUT2D eigenvalue weighted by atomic mass is 16.2.